The normalized spacial score (nSPS) is 23.2. The van der Waals surface area contributed by atoms with Crippen LogP contribution in [-0.4, -0.2) is 12.5 Å². The summed E-state index contributed by atoms with van der Waals surface area (Å²) in [5.41, 5.74) is 4.18. The molecule has 0 aromatic carbocycles. The molecule has 0 radical (unpaired) electrons. The zero-order valence-electron chi connectivity index (χ0n) is 20.3. The Labute approximate surface area is 186 Å². The third kappa shape index (κ3) is 12.7. The molecule has 3 unspecified atom stereocenters. The Balaban J connectivity index is 2.22. The van der Waals surface area contributed by atoms with Crippen LogP contribution in [0.1, 0.15) is 86.5 Å². The molecular formula is C28H45NO. The summed E-state index contributed by atoms with van der Waals surface area (Å²) in [5, 5.41) is 2.94. The Bertz CT molecular complexity index is 658. The van der Waals surface area contributed by atoms with Gasteiger partial charge in [0.2, 0.25) is 5.91 Å². The second-order valence-corrected chi connectivity index (χ2v) is 9.48. The molecule has 0 heterocycles. The first-order valence-electron chi connectivity index (χ1n) is 11.8. The quantitative estimate of drug-likeness (QED) is 0.210. The van der Waals surface area contributed by atoms with E-state index >= 15 is 0 Å². The first-order valence-corrected chi connectivity index (χ1v) is 11.8. The molecule has 0 bridgehead atoms. The third-order valence-electron chi connectivity index (χ3n) is 6.23. The van der Waals surface area contributed by atoms with Crippen LogP contribution >= 0.6 is 0 Å². The number of hydrogen-bond acceptors (Lipinski definition) is 1. The Kier molecular flexibility index (Phi) is 13.1. The topological polar surface area (TPSA) is 29.1 Å². The predicted octanol–water partition coefficient (Wildman–Crippen LogP) is 7.71. The van der Waals surface area contributed by atoms with E-state index in [9.17, 15) is 4.79 Å². The largest absolute Gasteiger partial charge is 0.349 e. The Morgan fingerprint density at radius 2 is 1.53 bits per heavy atom. The van der Waals surface area contributed by atoms with Crippen LogP contribution in [0.25, 0.3) is 0 Å². The van der Waals surface area contributed by atoms with Gasteiger partial charge in [-0.1, -0.05) is 67.0 Å². The second kappa shape index (κ2) is 15.0. The van der Waals surface area contributed by atoms with E-state index in [-0.39, 0.29) is 5.91 Å². The van der Waals surface area contributed by atoms with Gasteiger partial charge in [0.1, 0.15) is 0 Å². The summed E-state index contributed by atoms with van der Waals surface area (Å²) in [4.78, 5) is 11.9. The number of amides is 1. The summed E-state index contributed by atoms with van der Waals surface area (Å²) in [6.45, 7) is 14.0. The summed E-state index contributed by atoms with van der Waals surface area (Å²) in [5.74, 6) is 2.29. The first kappa shape index (κ1) is 26.2. The molecule has 2 heteroatoms. The number of carbonyl (C=O) groups is 1. The number of hydrogen-bond donors (Lipinski definition) is 1. The highest BCUT2D eigenvalue weighted by Gasteiger charge is 2.22. The van der Waals surface area contributed by atoms with E-state index in [0.29, 0.717) is 12.5 Å². The van der Waals surface area contributed by atoms with Gasteiger partial charge in [-0.3, -0.25) is 4.79 Å². The van der Waals surface area contributed by atoms with E-state index in [1.807, 2.05) is 12.2 Å². The molecular weight excluding hydrogens is 366 g/mol. The van der Waals surface area contributed by atoms with Crippen LogP contribution in [0.3, 0.4) is 0 Å². The molecule has 168 valence electrons. The fourth-order valence-corrected chi connectivity index (χ4v) is 3.85. The highest BCUT2D eigenvalue weighted by atomic mass is 16.1. The molecule has 1 saturated carbocycles. The maximum Gasteiger partial charge on any atom is 0.244 e. The van der Waals surface area contributed by atoms with Crippen molar-refractivity contribution in [3.05, 3.63) is 59.3 Å². The zero-order chi connectivity index (χ0) is 22.4. The first-order chi connectivity index (χ1) is 14.3. The summed E-state index contributed by atoms with van der Waals surface area (Å²) < 4.78 is 0. The van der Waals surface area contributed by atoms with Gasteiger partial charge in [0.05, 0.1) is 0 Å². The molecule has 0 aliphatic heterocycles. The minimum Gasteiger partial charge on any atom is -0.349 e. The van der Waals surface area contributed by atoms with E-state index < -0.39 is 0 Å². The third-order valence-corrected chi connectivity index (χ3v) is 6.23. The number of allylic oxidation sites excluding steroid dienone is 8. The lowest BCUT2D eigenvalue weighted by Crippen LogP contribution is -2.21. The van der Waals surface area contributed by atoms with Gasteiger partial charge < -0.3 is 5.32 Å². The van der Waals surface area contributed by atoms with Crippen LogP contribution in [0.4, 0.5) is 0 Å². The highest BCUT2D eigenvalue weighted by Crippen LogP contribution is 2.33. The van der Waals surface area contributed by atoms with Gasteiger partial charge in [-0.25, -0.2) is 0 Å². The van der Waals surface area contributed by atoms with Crippen molar-refractivity contribution in [3.63, 3.8) is 0 Å². The predicted molar refractivity (Wildman–Crippen MR) is 132 cm³/mol. The highest BCUT2D eigenvalue weighted by molar-refractivity contribution is 5.87. The van der Waals surface area contributed by atoms with Crippen molar-refractivity contribution in [1.29, 1.82) is 0 Å². The SMILES string of the molecule is CC(C)=CCC/C(C)=C/CC/C(C)=C/CNC(=O)/C=C/C=C/C1CCC(C)C(C)C1. The van der Waals surface area contributed by atoms with Gasteiger partial charge in [0.25, 0.3) is 0 Å². The van der Waals surface area contributed by atoms with E-state index in [1.54, 1.807) is 6.08 Å². The molecule has 1 aliphatic carbocycles. The molecule has 0 spiro atoms. The van der Waals surface area contributed by atoms with Gasteiger partial charge in [0.15, 0.2) is 0 Å². The van der Waals surface area contributed by atoms with Crippen LogP contribution in [-0.2, 0) is 4.79 Å². The Morgan fingerprint density at radius 1 is 0.867 bits per heavy atom. The molecule has 1 aliphatic rings. The van der Waals surface area contributed by atoms with Gasteiger partial charge in [-0.15, -0.1) is 0 Å². The average Bonchev–Trinajstić information content (AvgIpc) is 2.67. The van der Waals surface area contributed by atoms with Crippen LogP contribution in [0.5, 0.6) is 0 Å². The lowest BCUT2D eigenvalue weighted by Gasteiger charge is -2.30. The minimum absolute atomic E-state index is 0.0238. The number of nitrogens with one attached hydrogen (secondary N) is 1. The average molecular weight is 412 g/mol. The van der Waals surface area contributed by atoms with Gasteiger partial charge in [0, 0.05) is 12.6 Å². The van der Waals surface area contributed by atoms with Crippen LogP contribution in [0, 0.1) is 17.8 Å². The molecule has 0 aromatic heterocycles. The van der Waals surface area contributed by atoms with Crippen molar-refractivity contribution in [2.45, 2.75) is 86.5 Å². The number of rotatable bonds is 11. The van der Waals surface area contributed by atoms with Crippen molar-refractivity contribution in [1.82, 2.24) is 5.32 Å². The van der Waals surface area contributed by atoms with Crippen molar-refractivity contribution >= 4 is 5.91 Å². The fraction of sp³-hybridized carbons (Fsp3) is 0.607. The maximum absolute atomic E-state index is 11.9. The summed E-state index contributed by atoms with van der Waals surface area (Å²) >= 11 is 0. The van der Waals surface area contributed by atoms with Crippen LogP contribution in [0.15, 0.2) is 59.3 Å². The smallest absolute Gasteiger partial charge is 0.244 e. The van der Waals surface area contributed by atoms with Crippen molar-refractivity contribution < 1.29 is 4.79 Å². The summed E-state index contributed by atoms with van der Waals surface area (Å²) in [7, 11) is 0. The Morgan fingerprint density at radius 3 is 2.20 bits per heavy atom. The monoisotopic (exact) mass is 411 g/mol. The molecule has 2 nitrogen and oxygen atoms in total. The van der Waals surface area contributed by atoms with E-state index in [1.165, 1.54) is 36.0 Å². The minimum atomic E-state index is -0.0238. The molecule has 1 N–H and O–H groups in total. The lowest BCUT2D eigenvalue weighted by molar-refractivity contribution is -0.116. The zero-order valence-corrected chi connectivity index (χ0v) is 20.3. The molecule has 1 fully saturated rings. The molecule has 0 saturated heterocycles. The van der Waals surface area contributed by atoms with Crippen LogP contribution in [0.2, 0.25) is 0 Å². The van der Waals surface area contributed by atoms with E-state index in [2.05, 4.69) is 71.2 Å². The number of carbonyl (C=O) groups excluding carboxylic acids is 1. The standard InChI is InChI=1S/C28H45NO/c1-22(2)11-9-12-23(3)13-10-14-24(4)19-20-29-28(30)16-8-7-15-27-18-17-25(5)26(6)21-27/h7-8,11,13,15-16,19,25-27H,9-10,12,14,17-18,20-21H2,1-6H3,(H,29,30)/b15-7+,16-8+,23-13+,24-19+. The molecule has 0 aromatic rings. The van der Waals surface area contributed by atoms with E-state index in [0.717, 1.165) is 37.5 Å². The molecule has 1 amide bonds. The maximum atomic E-state index is 11.9. The van der Waals surface area contributed by atoms with Crippen molar-refractivity contribution in [3.8, 4) is 0 Å². The molecule has 3 atom stereocenters. The van der Waals surface area contributed by atoms with Crippen LogP contribution < -0.4 is 5.32 Å². The lowest BCUT2D eigenvalue weighted by atomic mass is 9.76. The Hall–Kier alpha value is -1.83. The summed E-state index contributed by atoms with van der Waals surface area (Å²) in [6.07, 6.45) is 22.8. The fourth-order valence-electron chi connectivity index (χ4n) is 3.85. The van der Waals surface area contributed by atoms with Crippen molar-refractivity contribution in [2.75, 3.05) is 6.54 Å². The van der Waals surface area contributed by atoms with Gasteiger partial charge in [-0.2, -0.15) is 0 Å². The van der Waals surface area contributed by atoms with E-state index in [4.69, 9.17) is 0 Å². The molecule has 1 rings (SSSR count). The molecule has 30 heavy (non-hydrogen) atoms. The summed E-state index contributed by atoms with van der Waals surface area (Å²) in [6, 6.07) is 0. The van der Waals surface area contributed by atoms with Crippen molar-refractivity contribution in [2.24, 2.45) is 17.8 Å². The van der Waals surface area contributed by atoms with Gasteiger partial charge >= 0.3 is 0 Å². The second-order valence-electron chi connectivity index (χ2n) is 9.48. The van der Waals surface area contributed by atoms with Gasteiger partial charge in [-0.05, 0) is 90.4 Å².